The molecule has 1 N–H and O–H groups in total. The molecule has 0 spiro atoms. The maximum atomic E-state index is 11.9. The van der Waals surface area contributed by atoms with Crippen LogP contribution >= 0.6 is 11.8 Å². The largest absolute Gasteiger partial charge is 0.352 e. The van der Waals surface area contributed by atoms with Crippen molar-refractivity contribution in [1.29, 1.82) is 0 Å². The highest BCUT2D eigenvalue weighted by atomic mass is 32.2. The van der Waals surface area contributed by atoms with Crippen LogP contribution in [-0.2, 0) is 14.6 Å². The fourth-order valence-corrected chi connectivity index (χ4v) is 3.63. The molecule has 1 aromatic carbocycles. The highest BCUT2D eigenvalue weighted by molar-refractivity contribution is 7.99. The second-order valence-electron chi connectivity index (χ2n) is 5.03. The smallest absolute Gasteiger partial charge is 0.223 e. The van der Waals surface area contributed by atoms with Crippen LogP contribution in [0.25, 0.3) is 0 Å². The van der Waals surface area contributed by atoms with Crippen LogP contribution in [0.15, 0.2) is 35.2 Å². The number of nitrogens with one attached hydrogen (secondary N) is 1. The van der Waals surface area contributed by atoms with Crippen LogP contribution < -0.4 is 5.32 Å². The summed E-state index contributed by atoms with van der Waals surface area (Å²) in [4.78, 5) is 13.1. The molecule has 0 radical (unpaired) electrons. The van der Waals surface area contributed by atoms with E-state index in [4.69, 9.17) is 0 Å². The first-order chi connectivity index (χ1) is 9.28. The molecule has 20 heavy (non-hydrogen) atoms. The van der Waals surface area contributed by atoms with Gasteiger partial charge in [0.05, 0.1) is 5.75 Å². The number of rotatable bonds is 7. The molecule has 0 aromatic heterocycles. The average molecular weight is 315 g/mol. The summed E-state index contributed by atoms with van der Waals surface area (Å²) in [6.07, 6.45) is 1.17. The molecule has 0 bridgehead atoms. The number of carbonyl (C=O) groups excluding carboxylic acids is 1. The maximum absolute atomic E-state index is 11.9. The summed E-state index contributed by atoms with van der Waals surface area (Å²) in [5, 5.41) is 2.74. The van der Waals surface area contributed by atoms with Crippen LogP contribution in [0.4, 0.5) is 0 Å². The van der Waals surface area contributed by atoms with Gasteiger partial charge in [-0.2, -0.15) is 0 Å². The number of amides is 1. The Bertz CT molecular complexity index is 529. The highest BCUT2D eigenvalue weighted by Crippen LogP contribution is 2.20. The van der Waals surface area contributed by atoms with Crippen molar-refractivity contribution in [2.45, 2.75) is 24.8 Å². The summed E-state index contributed by atoms with van der Waals surface area (Å²) in [5.41, 5.74) is 0. The number of hydrogen-bond acceptors (Lipinski definition) is 4. The van der Waals surface area contributed by atoms with E-state index in [1.165, 1.54) is 6.26 Å². The summed E-state index contributed by atoms with van der Waals surface area (Å²) in [6, 6.07) is 9.51. The topological polar surface area (TPSA) is 63.2 Å². The van der Waals surface area contributed by atoms with Crippen molar-refractivity contribution >= 4 is 27.5 Å². The normalized spacial score (nSPS) is 14.6. The Morgan fingerprint density at radius 2 is 1.85 bits per heavy atom. The second-order valence-corrected chi connectivity index (χ2v) is 8.31. The second kappa shape index (κ2) is 7.69. The van der Waals surface area contributed by atoms with Crippen molar-refractivity contribution in [2.24, 2.45) is 5.92 Å². The van der Waals surface area contributed by atoms with Crippen molar-refractivity contribution in [2.75, 3.05) is 17.8 Å². The van der Waals surface area contributed by atoms with Crippen molar-refractivity contribution in [1.82, 2.24) is 5.32 Å². The maximum Gasteiger partial charge on any atom is 0.223 e. The van der Waals surface area contributed by atoms with E-state index >= 15 is 0 Å². The third kappa shape index (κ3) is 6.96. The van der Waals surface area contributed by atoms with Crippen LogP contribution in [0.1, 0.15) is 13.8 Å². The molecule has 0 aliphatic carbocycles. The molecule has 1 aromatic rings. The van der Waals surface area contributed by atoms with Gasteiger partial charge in [0, 0.05) is 28.9 Å². The number of carbonyl (C=O) groups is 1. The Morgan fingerprint density at radius 1 is 1.25 bits per heavy atom. The number of thioether (sulfide) groups is 1. The molecule has 6 heteroatoms. The van der Waals surface area contributed by atoms with Gasteiger partial charge < -0.3 is 5.32 Å². The Kier molecular flexibility index (Phi) is 6.55. The SMILES string of the molecule is CC(CS(C)(=O)=O)NC(=O)C(C)CSc1ccccc1. The van der Waals surface area contributed by atoms with Crippen LogP contribution in [-0.4, -0.2) is 38.1 Å². The van der Waals surface area contributed by atoms with E-state index in [1.54, 1.807) is 18.7 Å². The first kappa shape index (κ1) is 17.0. The van der Waals surface area contributed by atoms with Gasteiger partial charge in [-0.15, -0.1) is 11.8 Å². The zero-order valence-electron chi connectivity index (χ0n) is 12.0. The molecular weight excluding hydrogens is 294 g/mol. The third-order valence-corrected chi connectivity index (χ3v) is 5.01. The van der Waals surface area contributed by atoms with Crippen molar-refractivity contribution < 1.29 is 13.2 Å². The van der Waals surface area contributed by atoms with E-state index in [2.05, 4.69) is 5.32 Å². The minimum Gasteiger partial charge on any atom is -0.352 e. The van der Waals surface area contributed by atoms with Gasteiger partial charge in [-0.25, -0.2) is 8.42 Å². The van der Waals surface area contributed by atoms with Crippen LogP contribution in [0.5, 0.6) is 0 Å². The van der Waals surface area contributed by atoms with Gasteiger partial charge in [0.1, 0.15) is 9.84 Å². The zero-order chi connectivity index (χ0) is 15.2. The number of hydrogen-bond donors (Lipinski definition) is 1. The molecule has 2 unspecified atom stereocenters. The monoisotopic (exact) mass is 315 g/mol. The lowest BCUT2D eigenvalue weighted by molar-refractivity contribution is -0.124. The van der Waals surface area contributed by atoms with Gasteiger partial charge in [-0.05, 0) is 19.1 Å². The Morgan fingerprint density at radius 3 is 2.40 bits per heavy atom. The molecule has 0 fully saturated rings. The fourth-order valence-electron chi connectivity index (χ4n) is 1.69. The summed E-state index contributed by atoms with van der Waals surface area (Å²) < 4.78 is 22.3. The van der Waals surface area contributed by atoms with Crippen LogP contribution in [0.3, 0.4) is 0 Å². The molecule has 1 rings (SSSR count). The van der Waals surface area contributed by atoms with Crippen molar-refractivity contribution in [3.8, 4) is 0 Å². The van der Waals surface area contributed by atoms with E-state index in [0.29, 0.717) is 5.75 Å². The van der Waals surface area contributed by atoms with Crippen LogP contribution in [0, 0.1) is 5.92 Å². The average Bonchev–Trinajstić information content (AvgIpc) is 2.34. The Hall–Kier alpha value is -1.01. The molecule has 0 aliphatic rings. The molecule has 0 aliphatic heterocycles. The molecule has 4 nitrogen and oxygen atoms in total. The number of benzene rings is 1. The van der Waals surface area contributed by atoms with Gasteiger partial charge in [0.2, 0.25) is 5.91 Å². The first-order valence-corrected chi connectivity index (χ1v) is 9.48. The predicted octanol–water partition coefficient (Wildman–Crippen LogP) is 1.96. The lowest BCUT2D eigenvalue weighted by Crippen LogP contribution is -2.40. The van der Waals surface area contributed by atoms with E-state index in [-0.39, 0.29) is 23.6 Å². The Labute approximate surface area is 125 Å². The lowest BCUT2D eigenvalue weighted by Gasteiger charge is -2.16. The molecule has 2 atom stereocenters. The minimum absolute atomic E-state index is 0.0305. The quantitative estimate of drug-likeness (QED) is 0.781. The summed E-state index contributed by atoms with van der Waals surface area (Å²) in [6.45, 7) is 3.55. The van der Waals surface area contributed by atoms with E-state index < -0.39 is 9.84 Å². The molecule has 0 saturated heterocycles. The predicted molar refractivity (Wildman–Crippen MR) is 83.6 cm³/mol. The fraction of sp³-hybridized carbons (Fsp3) is 0.500. The van der Waals surface area contributed by atoms with E-state index in [9.17, 15) is 13.2 Å². The van der Waals surface area contributed by atoms with Gasteiger partial charge in [0.25, 0.3) is 0 Å². The zero-order valence-corrected chi connectivity index (χ0v) is 13.6. The summed E-state index contributed by atoms with van der Waals surface area (Å²) in [5.74, 6) is 0.366. The first-order valence-electron chi connectivity index (χ1n) is 6.44. The third-order valence-electron chi connectivity index (χ3n) is 2.63. The van der Waals surface area contributed by atoms with E-state index in [0.717, 1.165) is 4.90 Å². The molecule has 0 saturated carbocycles. The van der Waals surface area contributed by atoms with Gasteiger partial charge >= 0.3 is 0 Å². The molecular formula is C14H21NO3S2. The van der Waals surface area contributed by atoms with Gasteiger partial charge in [0.15, 0.2) is 0 Å². The van der Waals surface area contributed by atoms with Crippen molar-refractivity contribution in [3.05, 3.63) is 30.3 Å². The Balaban J connectivity index is 2.39. The minimum atomic E-state index is -3.07. The highest BCUT2D eigenvalue weighted by Gasteiger charge is 2.18. The summed E-state index contributed by atoms with van der Waals surface area (Å²) >= 11 is 1.62. The standard InChI is InChI=1S/C14H21NO3S2/c1-11(9-19-13-7-5-4-6-8-13)14(16)15-12(2)10-20(3,17)18/h4-8,11-12H,9-10H2,1-3H3,(H,15,16). The lowest BCUT2D eigenvalue weighted by atomic mass is 10.2. The van der Waals surface area contributed by atoms with Crippen LogP contribution in [0.2, 0.25) is 0 Å². The molecule has 1 amide bonds. The summed E-state index contributed by atoms with van der Waals surface area (Å²) in [7, 11) is -3.07. The molecule has 0 heterocycles. The van der Waals surface area contributed by atoms with Gasteiger partial charge in [-0.1, -0.05) is 25.1 Å². The van der Waals surface area contributed by atoms with Gasteiger partial charge in [-0.3, -0.25) is 4.79 Å². The van der Waals surface area contributed by atoms with Crippen molar-refractivity contribution in [3.63, 3.8) is 0 Å². The molecule has 112 valence electrons. The number of sulfone groups is 1. The van der Waals surface area contributed by atoms with E-state index in [1.807, 2.05) is 37.3 Å².